The molecule has 2 heterocycles. The van der Waals surface area contributed by atoms with Gasteiger partial charge in [0.05, 0.1) is 20.3 Å². The van der Waals surface area contributed by atoms with E-state index < -0.39 is 0 Å². The third-order valence-corrected chi connectivity index (χ3v) is 4.29. The Morgan fingerprint density at radius 2 is 2.33 bits per heavy atom. The molecule has 3 rings (SSSR count). The van der Waals surface area contributed by atoms with Crippen LogP contribution in [0.4, 0.5) is 0 Å². The second-order valence-corrected chi connectivity index (χ2v) is 5.79. The molecule has 2 fully saturated rings. The van der Waals surface area contributed by atoms with Crippen molar-refractivity contribution in [2.45, 2.75) is 19.5 Å². The fraction of sp³-hybridized carbons (Fsp3) is 0.562. The number of carbonyl (C=O) groups is 1. The molecule has 1 N–H and O–H groups in total. The topological polar surface area (TPSA) is 50.8 Å². The monoisotopic (exact) mass is 290 g/mol. The Morgan fingerprint density at radius 1 is 1.48 bits per heavy atom. The van der Waals surface area contributed by atoms with E-state index in [9.17, 15) is 4.79 Å². The third kappa shape index (κ3) is 2.89. The first kappa shape index (κ1) is 14.4. The minimum Gasteiger partial charge on any atom is -0.496 e. The van der Waals surface area contributed by atoms with Gasteiger partial charge in [0.25, 0.3) is 0 Å². The van der Waals surface area contributed by atoms with Crippen LogP contribution in [0.2, 0.25) is 0 Å². The molecule has 2 saturated heterocycles. The smallest absolute Gasteiger partial charge is 0.238 e. The second kappa shape index (κ2) is 6.03. The van der Waals surface area contributed by atoms with Gasteiger partial charge >= 0.3 is 0 Å². The molecular weight excluding hydrogens is 268 g/mol. The highest BCUT2D eigenvalue weighted by atomic mass is 16.5. The number of carbonyl (C=O) groups excluding carboxylic acids is 1. The minimum absolute atomic E-state index is 0.0392. The van der Waals surface area contributed by atoms with Crippen molar-refractivity contribution >= 4 is 5.91 Å². The Hall–Kier alpha value is -1.59. The van der Waals surface area contributed by atoms with Crippen molar-refractivity contribution in [1.29, 1.82) is 0 Å². The Balaban J connectivity index is 1.78. The van der Waals surface area contributed by atoms with E-state index in [1.165, 1.54) is 0 Å². The van der Waals surface area contributed by atoms with Crippen molar-refractivity contribution in [2.75, 3.05) is 33.4 Å². The lowest BCUT2D eigenvalue weighted by Gasteiger charge is -2.27. The van der Waals surface area contributed by atoms with Gasteiger partial charge in [0.2, 0.25) is 5.91 Å². The van der Waals surface area contributed by atoms with E-state index in [1.54, 1.807) is 7.11 Å². The molecule has 2 atom stereocenters. The van der Waals surface area contributed by atoms with Crippen molar-refractivity contribution < 1.29 is 14.3 Å². The molecule has 0 aliphatic carbocycles. The van der Waals surface area contributed by atoms with Crippen LogP contribution in [0.3, 0.4) is 0 Å². The molecule has 21 heavy (non-hydrogen) atoms. The van der Waals surface area contributed by atoms with Gasteiger partial charge in [-0.1, -0.05) is 6.07 Å². The molecule has 114 valence electrons. The highest BCUT2D eigenvalue weighted by molar-refractivity contribution is 5.81. The molecule has 1 aromatic rings. The number of benzene rings is 1. The summed E-state index contributed by atoms with van der Waals surface area (Å²) < 4.78 is 10.7. The summed E-state index contributed by atoms with van der Waals surface area (Å²) in [5.74, 6) is 1.50. The Labute approximate surface area is 125 Å². The Bertz CT molecular complexity index is 526. The van der Waals surface area contributed by atoms with Crippen LogP contribution in [-0.4, -0.2) is 44.2 Å². The predicted molar refractivity (Wildman–Crippen MR) is 79.1 cm³/mol. The summed E-state index contributed by atoms with van der Waals surface area (Å²) in [6, 6.07) is 6.08. The molecule has 5 nitrogen and oxygen atoms in total. The van der Waals surface area contributed by atoms with E-state index in [2.05, 4.69) is 11.4 Å². The third-order valence-electron chi connectivity index (χ3n) is 4.29. The van der Waals surface area contributed by atoms with Crippen LogP contribution in [0, 0.1) is 12.8 Å². The lowest BCUT2D eigenvalue weighted by molar-refractivity contribution is -0.128. The number of ether oxygens (including phenoxy) is 2. The summed E-state index contributed by atoms with van der Waals surface area (Å²) in [6.45, 7) is 4.77. The highest BCUT2D eigenvalue weighted by Gasteiger charge is 2.34. The molecule has 5 heteroatoms. The van der Waals surface area contributed by atoms with Gasteiger partial charge in [0, 0.05) is 19.1 Å². The molecule has 2 unspecified atom stereocenters. The van der Waals surface area contributed by atoms with Crippen LogP contribution >= 0.6 is 0 Å². The number of hydrogen-bond acceptors (Lipinski definition) is 4. The Morgan fingerprint density at radius 3 is 3.00 bits per heavy atom. The second-order valence-electron chi connectivity index (χ2n) is 5.79. The number of amides is 1. The molecule has 0 spiro atoms. The number of nitrogens with one attached hydrogen (secondary N) is 1. The minimum atomic E-state index is -0.0392. The van der Waals surface area contributed by atoms with Crippen molar-refractivity contribution in [1.82, 2.24) is 10.2 Å². The first-order valence-electron chi connectivity index (χ1n) is 7.44. The Kier molecular flexibility index (Phi) is 4.12. The number of hydrogen-bond donors (Lipinski definition) is 1. The molecular formula is C16H22N2O3. The molecule has 0 aromatic heterocycles. The normalized spacial score (nSPS) is 25.6. The van der Waals surface area contributed by atoms with Gasteiger partial charge in [-0.3, -0.25) is 10.1 Å². The molecule has 1 aromatic carbocycles. The van der Waals surface area contributed by atoms with E-state index in [1.807, 2.05) is 24.0 Å². The molecule has 0 bridgehead atoms. The van der Waals surface area contributed by atoms with Crippen molar-refractivity contribution in [2.24, 2.45) is 5.92 Å². The van der Waals surface area contributed by atoms with Gasteiger partial charge in [0.1, 0.15) is 11.9 Å². The molecule has 0 saturated carbocycles. The number of nitrogens with zero attached hydrogens (tertiary/aromatic N) is 1. The summed E-state index contributed by atoms with van der Waals surface area (Å²) in [6.07, 6.45) is 1.00. The largest absolute Gasteiger partial charge is 0.496 e. The molecule has 0 radical (unpaired) electrons. The van der Waals surface area contributed by atoms with Crippen molar-refractivity contribution in [3.05, 3.63) is 29.3 Å². The van der Waals surface area contributed by atoms with Gasteiger partial charge in [-0.05, 0) is 36.6 Å². The first-order valence-corrected chi connectivity index (χ1v) is 7.44. The van der Waals surface area contributed by atoms with Crippen LogP contribution in [-0.2, 0) is 9.53 Å². The van der Waals surface area contributed by atoms with Gasteiger partial charge in [-0.15, -0.1) is 0 Å². The maximum absolute atomic E-state index is 12.2. The fourth-order valence-corrected chi connectivity index (χ4v) is 3.12. The van der Waals surface area contributed by atoms with Crippen molar-refractivity contribution in [3.63, 3.8) is 0 Å². The first-order chi connectivity index (χ1) is 10.2. The van der Waals surface area contributed by atoms with E-state index in [-0.39, 0.29) is 12.1 Å². The molecule has 2 aliphatic heterocycles. The number of aryl methyl sites for hydroxylation is 1. The van der Waals surface area contributed by atoms with Gasteiger partial charge < -0.3 is 14.4 Å². The average Bonchev–Trinajstić information content (AvgIpc) is 3.11. The van der Waals surface area contributed by atoms with Crippen LogP contribution in [0.15, 0.2) is 18.2 Å². The van der Waals surface area contributed by atoms with E-state index in [0.717, 1.165) is 43.1 Å². The zero-order chi connectivity index (χ0) is 14.8. The summed E-state index contributed by atoms with van der Waals surface area (Å²) in [4.78, 5) is 14.1. The van der Waals surface area contributed by atoms with Crippen LogP contribution < -0.4 is 10.1 Å². The summed E-state index contributed by atoms with van der Waals surface area (Å²) in [7, 11) is 1.67. The fourth-order valence-electron chi connectivity index (χ4n) is 3.12. The van der Waals surface area contributed by atoms with Gasteiger partial charge in [0.15, 0.2) is 0 Å². The predicted octanol–water partition coefficient (Wildman–Crippen LogP) is 1.47. The summed E-state index contributed by atoms with van der Waals surface area (Å²) in [5.41, 5.74) is 2.19. The van der Waals surface area contributed by atoms with Crippen LogP contribution in [0.25, 0.3) is 0 Å². The quantitative estimate of drug-likeness (QED) is 0.912. The van der Waals surface area contributed by atoms with Crippen molar-refractivity contribution in [3.8, 4) is 5.75 Å². The lowest BCUT2D eigenvalue weighted by atomic mass is 10.1. The number of rotatable bonds is 4. The SMILES string of the molecule is COc1ccc(C2NCC(=O)N2CC2CCOC2)cc1C. The zero-order valence-corrected chi connectivity index (χ0v) is 12.6. The number of methoxy groups -OCH3 is 1. The van der Waals surface area contributed by atoms with Gasteiger partial charge in [-0.2, -0.15) is 0 Å². The summed E-state index contributed by atoms with van der Waals surface area (Å²) in [5, 5.41) is 3.31. The lowest BCUT2D eigenvalue weighted by Crippen LogP contribution is -2.35. The highest BCUT2D eigenvalue weighted by Crippen LogP contribution is 2.28. The van der Waals surface area contributed by atoms with E-state index in [4.69, 9.17) is 9.47 Å². The molecule has 2 aliphatic rings. The van der Waals surface area contributed by atoms with Crippen LogP contribution in [0.1, 0.15) is 23.7 Å². The van der Waals surface area contributed by atoms with Gasteiger partial charge in [-0.25, -0.2) is 0 Å². The van der Waals surface area contributed by atoms with Crippen LogP contribution in [0.5, 0.6) is 5.75 Å². The van der Waals surface area contributed by atoms with E-state index in [0.29, 0.717) is 12.5 Å². The maximum Gasteiger partial charge on any atom is 0.238 e. The maximum atomic E-state index is 12.2. The average molecular weight is 290 g/mol. The summed E-state index contributed by atoms with van der Waals surface area (Å²) >= 11 is 0. The standard InChI is InChI=1S/C16H22N2O3/c1-11-7-13(3-4-14(11)20-2)16-17-8-15(19)18(16)9-12-5-6-21-10-12/h3-4,7,12,16-17H,5-6,8-10H2,1-2H3. The molecule has 1 amide bonds. The van der Waals surface area contributed by atoms with E-state index >= 15 is 0 Å². The zero-order valence-electron chi connectivity index (χ0n) is 12.6.